The summed E-state index contributed by atoms with van der Waals surface area (Å²) in [4.78, 5) is 34.5. The zero-order valence-corrected chi connectivity index (χ0v) is 13.4. The number of hydrogen-bond donors (Lipinski definition) is 2. The first kappa shape index (κ1) is 17.3. The van der Waals surface area contributed by atoms with Crippen molar-refractivity contribution in [1.29, 1.82) is 0 Å². The van der Waals surface area contributed by atoms with Crippen molar-refractivity contribution >= 4 is 29.7 Å². The Hall–Kier alpha value is -3.03. The van der Waals surface area contributed by atoms with Crippen LogP contribution in [0.2, 0.25) is 0 Å². The van der Waals surface area contributed by atoms with Gasteiger partial charge in [0.05, 0.1) is 24.8 Å². The third kappa shape index (κ3) is 4.48. The lowest BCUT2D eigenvalue weighted by Crippen LogP contribution is -2.25. The van der Waals surface area contributed by atoms with Crippen molar-refractivity contribution < 1.29 is 19.1 Å². The second-order valence-electron chi connectivity index (χ2n) is 5.23. The van der Waals surface area contributed by atoms with Gasteiger partial charge in [-0.25, -0.2) is 15.6 Å². The molecule has 1 heterocycles. The molecule has 1 unspecified atom stereocenters. The van der Waals surface area contributed by atoms with E-state index in [4.69, 9.17) is 0 Å². The van der Waals surface area contributed by atoms with Gasteiger partial charge in [-0.3, -0.25) is 9.59 Å². The standard InChI is InChI=1S/C16H18N4O4/c1-10-13(15(22)20-18-10)7-8-14(21)19-17-9-11-3-5-12(6-4-11)16(23)24-2/h3-6,9,13H,7-8H2,1-2H3,(H,19,21)(H,20,22)/b17-9+. The molecular weight excluding hydrogens is 312 g/mol. The number of nitrogens with zero attached hydrogens (tertiary/aromatic N) is 2. The number of carbonyl (C=O) groups excluding carboxylic acids is 3. The fourth-order valence-electron chi connectivity index (χ4n) is 2.16. The van der Waals surface area contributed by atoms with E-state index in [1.807, 2.05) is 0 Å². The molecule has 0 saturated heterocycles. The predicted octanol–water partition coefficient (Wildman–Crippen LogP) is 0.825. The molecule has 0 saturated carbocycles. The van der Waals surface area contributed by atoms with E-state index in [-0.39, 0.29) is 24.2 Å². The summed E-state index contributed by atoms with van der Waals surface area (Å²) < 4.78 is 4.61. The largest absolute Gasteiger partial charge is 0.465 e. The Balaban J connectivity index is 1.79. The highest BCUT2D eigenvalue weighted by atomic mass is 16.5. The molecule has 0 radical (unpaired) electrons. The van der Waals surface area contributed by atoms with Gasteiger partial charge >= 0.3 is 5.97 Å². The third-order valence-electron chi connectivity index (χ3n) is 3.56. The van der Waals surface area contributed by atoms with Crippen LogP contribution >= 0.6 is 0 Å². The quantitative estimate of drug-likeness (QED) is 0.457. The average molecular weight is 330 g/mol. The molecule has 1 aromatic carbocycles. The molecule has 8 nitrogen and oxygen atoms in total. The van der Waals surface area contributed by atoms with E-state index in [1.54, 1.807) is 31.2 Å². The molecule has 126 valence electrons. The molecule has 1 aliphatic heterocycles. The molecule has 0 spiro atoms. The van der Waals surface area contributed by atoms with Gasteiger partial charge in [0.15, 0.2) is 0 Å². The Kier molecular flexibility index (Phi) is 5.78. The van der Waals surface area contributed by atoms with Crippen molar-refractivity contribution in [1.82, 2.24) is 10.9 Å². The lowest BCUT2D eigenvalue weighted by atomic mass is 9.99. The minimum atomic E-state index is -0.415. The van der Waals surface area contributed by atoms with Crippen molar-refractivity contribution in [2.24, 2.45) is 16.1 Å². The number of hydrogen-bond acceptors (Lipinski definition) is 6. The average Bonchev–Trinajstić information content (AvgIpc) is 2.91. The van der Waals surface area contributed by atoms with Crippen LogP contribution < -0.4 is 10.9 Å². The summed E-state index contributed by atoms with van der Waals surface area (Å²) in [5.41, 5.74) is 6.62. The summed E-state index contributed by atoms with van der Waals surface area (Å²) >= 11 is 0. The van der Waals surface area contributed by atoms with E-state index in [0.717, 1.165) is 5.56 Å². The second kappa shape index (κ2) is 8.00. The maximum Gasteiger partial charge on any atom is 0.337 e. The van der Waals surface area contributed by atoms with Gasteiger partial charge in [0.25, 0.3) is 0 Å². The normalized spacial score (nSPS) is 16.7. The lowest BCUT2D eigenvalue weighted by molar-refractivity contribution is -0.123. The second-order valence-corrected chi connectivity index (χ2v) is 5.23. The predicted molar refractivity (Wildman–Crippen MR) is 87.5 cm³/mol. The summed E-state index contributed by atoms with van der Waals surface area (Å²) in [5.74, 6) is -1.24. The minimum absolute atomic E-state index is 0.170. The fraction of sp³-hybridized carbons (Fsp3) is 0.312. The van der Waals surface area contributed by atoms with Gasteiger partial charge in [-0.05, 0) is 31.0 Å². The van der Waals surface area contributed by atoms with Crippen LogP contribution in [-0.4, -0.2) is 36.8 Å². The van der Waals surface area contributed by atoms with Gasteiger partial charge in [-0.15, -0.1) is 0 Å². The van der Waals surface area contributed by atoms with Gasteiger partial charge in [-0.2, -0.15) is 10.2 Å². The molecular formula is C16H18N4O4. The van der Waals surface area contributed by atoms with Crippen LogP contribution in [0.3, 0.4) is 0 Å². The maximum absolute atomic E-state index is 11.7. The highest BCUT2D eigenvalue weighted by molar-refractivity contribution is 6.07. The van der Waals surface area contributed by atoms with Crippen LogP contribution in [0, 0.1) is 5.92 Å². The Morgan fingerprint density at radius 3 is 2.67 bits per heavy atom. The SMILES string of the molecule is COC(=O)c1ccc(/C=N/NC(=O)CCC2C(=O)NN=C2C)cc1. The van der Waals surface area contributed by atoms with Crippen LogP contribution in [-0.2, 0) is 14.3 Å². The van der Waals surface area contributed by atoms with E-state index in [0.29, 0.717) is 17.7 Å². The Bertz CT molecular complexity index is 695. The van der Waals surface area contributed by atoms with Crippen LogP contribution in [0.4, 0.5) is 0 Å². The Labute approximate surface area is 139 Å². The van der Waals surface area contributed by atoms with Crippen LogP contribution in [0.15, 0.2) is 34.5 Å². The molecule has 2 N–H and O–H groups in total. The number of hydrazone groups is 2. The third-order valence-corrected chi connectivity index (χ3v) is 3.56. The molecule has 8 heteroatoms. The smallest absolute Gasteiger partial charge is 0.337 e. The molecule has 1 aliphatic rings. The number of methoxy groups -OCH3 is 1. The molecule has 24 heavy (non-hydrogen) atoms. The summed E-state index contributed by atoms with van der Waals surface area (Å²) in [5, 5.41) is 7.67. The molecule has 1 aromatic rings. The van der Waals surface area contributed by atoms with Crippen molar-refractivity contribution in [2.75, 3.05) is 7.11 Å². The van der Waals surface area contributed by atoms with E-state index >= 15 is 0 Å². The van der Waals surface area contributed by atoms with Gasteiger partial charge in [-0.1, -0.05) is 12.1 Å². The zero-order valence-electron chi connectivity index (χ0n) is 13.4. The lowest BCUT2D eigenvalue weighted by Gasteiger charge is -2.06. The van der Waals surface area contributed by atoms with Crippen LogP contribution in [0.5, 0.6) is 0 Å². The molecule has 2 rings (SSSR count). The highest BCUT2D eigenvalue weighted by Gasteiger charge is 2.26. The van der Waals surface area contributed by atoms with Crippen molar-refractivity contribution in [2.45, 2.75) is 19.8 Å². The summed E-state index contributed by atoms with van der Waals surface area (Å²) in [6, 6.07) is 6.58. The first-order valence-electron chi connectivity index (χ1n) is 7.35. The van der Waals surface area contributed by atoms with Gasteiger partial charge < -0.3 is 4.74 Å². The number of nitrogens with one attached hydrogen (secondary N) is 2. The molecule has 0 aliphatic carbocycles. The molecule has 0 aromatic heterocycles. The molecule has 1 atom stereocenters. The number of benzene rings is 1. The first-order chi connectivity index (χ1) is 11.5. The number of ether oxygens (including phenoxy) is 1. The molecule has 0 fully saturated rings. The van der Waals surface area contributed by atoms with Crippen molar-refractivity contribution in [3.05, 3.63) is 35.4 Å². The Morgan fingerprint density at radius 1 is 1.38 bits per heavy atom. The fourth-order valence-corrected chi connectivity index (χ4v) is 2.16. The number of esters is 1. The van der Waals surface area contributed by atoms with Crippen LogP contribution in [0.1, 0.15) is 35.7 Å². The van der Waals surface area contributed by atoms with Gasteiger partial charge in [0.1, 0.15) is 0 Å². The highest BCUT2D eigenvalue weighted by Crippen LogP contribution is 2.13. The topological polar surface area (TPSA) is 109 Å². The summed E-state index contributed by atoms with van der Waals surface area (Å²) in [7, 11) is 1.32. The number of carbonyl (C=O) groups is 3. The Morgan fingerprint density at radius 2 is 2.08 bits per heavy atom. The maximum atomic E-state index is 11.7. The molecule has 0 bridgehead atoms. The summed E-state index contributed by atoms with van der Waals surface area (Å²) in [6.45, 7) is 1.75. The van der Waals surface area contributed by atoms with E-state index in [2.05, 4.69) is 25.8 Å². The summed E-state index contributed by atoms with van der Waals surface area (Å²) in [6.07, 6.45) is 2.02. The van der Waals surface area contributed by atoms with E-state index < -0.39 is 5.97 Å². The number of amides is 2. The van der Waals surface area contributed by atoms with Gasteiger partial charge in [0, 0.05) is 12.1 Å². The van der Waals surface area contributed by atoms with Crippen molar-refractivity contribution in [3.63, 3.8) is 0 Å². The first-order valence-corrected chi connectivity index (χ1v) is 7.35. The van der Waals surface area contributed by atoms with E-state index in [9.17, 15) is 14.4 Å². The monoisotopic (exact) mass is 330 g/mol. The van der Waals surface area contributed by atoms with Crippen LogP contribution in [0.25, 0.3) is 0 Å². The van der Waals surface area contributed by atoms with E-state index in [1.165, 1.54) is 13.3 Å². The minimum Gasteiger partial charge on any atom is -0.465 e. The van der Waals surface area contributed by atoms with Gasteiger partial charge in [0.2, 0.25) is 11.8 Å². The number of rotatable bonds is 6. The zero-order chi connectivity index (χ0) is 17.5. The van der Waals surface area contributed by atoms with Crippen molar-refractivity contribution in [3.8, 4) is 0 Å². The molecule has 2 amide bonds.